The average Bonchev–Trinajstić information content (AvgIpc) is 3.49. The van der Waals surface area contributed by atoms with Gasteiger partial charge in [-0.15, -0.1) is 22.7 Å². The number of rotatable bonds is 6. The van der Waals surface area contributed by atoms with E-state index in [1.165, 1.54) is 4.88 Å². The molecule has 30 heavy (non-hydrogen) atoms. The quantitative estimate of drug-likeness (QED) is 0.312. The Hall–Kier alpha value is -2.87. The predicted molar refractivity (Wildman–Crippen MR) is 126 cm³/mol. The first-order chi connectivity index (χ1) is 14.7. The van der Waals surface area contributed by atoms with Crippen LogP contribution >= 0.6 is 34.3 Å². The third kappa shape index (κ3) is 3.79. The summed E-state index contributed by atoms with van der Waals surface area (Å²) in [5, 5.41) is 15.1. The number of methoxy groups -OCH3 is 1. The first-order valence-corrected chi connectivity index (χ1v) is 11.4. The number of halogens is 1. The lowest BCUT2D eigenvalue weighted by Gasteiger charge is -2.04. The standard InChI is InChI=1S/C22H17ClN4OS2/c1-28-17-7-8-19-18(11-17)21(24-15-5-2-4-14(23)10-15)26-27(19)12-16-13-30-22(25-16)20-6-3-9-29-20/h2-11,13H,12H2,1H3,(H,24,26). The van der Waals surface area contributed by atoms with Gasteiger partial charge in [-0.25, -0.2) is 4.98 Å². The Morgan fingerprint density at radius 2 is 2.03 bits per heavy atom. The van der Waals surface area contributed by atoms with Crippen molar-refractivity contribution in [1.29, 1.82) is 0 Å². The number of hydrogen-bond donors (Lipinski definition) is 1. The first-order valence-electron chi connectivity index (χ1n) is 9.25. The molecule has 5 aromatic rings. The number of hydrogen-bond acceptors (Lipinski definition) is 6. The second-order valence-electron chi connectivity index (χ2n) is 6.65. The predicted octanol–water partition coefficient (Wildman–Crippen LogP) is 6.68. The number of nitrogens with zero attached hydrogens (tertiary/aromatic N) is 3. The Morgan fingerprint density at radius 1 is 1.10 bits per heavy atom. The van der Waals surface area contributed by atoms with Gasteiger partial charge in [-0.1, -0.05) is 23.7 Å². The van der Waals surface area contributed by atoms with E-state index in [4.69, 9.17) is 26.4 Å². The van der Waals surface area contributed by atoms with E-state index < -0.39 is 0 Å². The fourth-order valence-corrected chi connectivity index (χ4v) is 5.06. The summed E-state index contributed by atoms with van der Waals surface area (Å²) in [4.78, 5) is 5.98. The fraction of sp³-hybridized carbons (Fsp3) is 0.0909. The van der Waals surface area contributed by atoms with E-state index in [1.54, 1.807) is 29.8 Å². The molecule has 5 nitrogen and oxygen atoms in total. The zero-order chi connectivity index (χ0) is 20.5. The molecule has 0 fully saturated rings. The summed E-state index contributed by atoms with van der Waals surface area (Å²) in [5.74, 6) is 1.53. The number of benzene rings is 2. The Labute approximate surface area is 186 Å². The molecule has 0 saturated heterocycles. The van der Waals surface area contributed by atoms with Crippen LogP contribution in [0.4, 0.5) is 11.5 Å². The summed E-state index contributed by atoms with van der Waals surface area (Å²) >= 11 is 9.50. The highest BCUT2D eigenvalue weighted by atomic mass is 35.5. The van der Waals surface area contributed by atoms with E-state index in [0.29, 0.717) is 11.6 Å². The summed E-state index contributed by atoms with van der Waals surface area (Å²) in [7, 11) is 1.66. The maximum absolute atomic E-state index is 6.14. The lowest BCUT2D eigenvalue weighted by atomic mass is 10.2. The van der Waals surface area contributed by atoms with Crippen molar-refractivity contribution in [3.8, 4) is 15.6 Å². The van der Waals surface area contributed by atoms with Crippen LogP contribution in [0.3, 0.4) is 0 Å². The van der Waals surface area contributed by atoms with Crippen LogP contribution < -0.4 is 10.1 Å². The smallest absolute Gasteiger partial charge is 0.160 e. The summed E-state index contributed by atoms with van der Waals surface area (Å²) in [6.07, 6.45) is 0. The van der Waals surface area contributed by atoms with E-state index in [0.717, 1.165) is 38.9 Å². The number of aromatic nitrogens is 3. The Kier molecular flexibility index (Phi) is 5.16. The monoisotopic (exact) mass is 452 g/mol. The Balaban J connectivity index is 1.52. The van der Waals surface area contributed by atoms with Crippen LogP contribution in [0.5, 0.6) is 5.75 Å². The second kappa shape index (κ2) is 8.10. The molecule has 0 radical (unpaired) electrons. The van der Waals surface area contributed by atoms with E-state index in [9.17, 15) is 0 Å². The summed E-state index contributed by atoms with van der Waals surface area (Å²) in [5.41, 5.74) is 2.87. The largest absolute Gasteiger partial charge is 0.497 e. The van der Waals surface area contributed by atoms with E-state index in [-0.39, 0.29) is 0 Å². The van der Waals surface area contributed by atoms with Crippen molar-refractivity contribution in [1.82, 2.24) is 14.8 Å². The Morgan fingerprint density at radius 3 is 2.83 bits per heavy atom. The minimum absolute atomic E-state index is 0.585. The minimum Gasteiger partial charge on any atom is -0.497 e. The lowest BCUT2D eigenvalue weighted by molar-refractivity contribution is 0.415. The maximum atomic E-state index is 6.14. The van der Waals surface area contributed by atoms with Gasteiger partial charge >= 0.3 is 0 Å². The van der Waals surface area contributed by atoms with Crippen molar-refractivity contribution >= 4 is 56.7 Å². The van der Waals surface area contributed by atoms with Crippen LogP contribution in [-0.2, 0) is 6.54 Å². The van der Waals surface area contributed by atoms with Crippen LogP contribution in [-0.4, -0.2) is 21.9 Å². The molecular weight excluding hydrogens is 436 g/mol. The first kappa shape index (κ1) is 19.1. The van der Waals surface area contributed by atoms with Crippen LogP contribution in [0.1, 0.15) is 5.69 Å². The van der Waals surface area contributed by atoms with Gasteiger partial charge in [0.1, 0.15) is 10.8 Å². The SMILES string of the molecule is COc1ccc2c(c1)c(Nc1cccc(Cl)c1)nn2Cc1csc(-c2cccs2)n1. The molecular formula is C22H17ClN4OS2. The molecule has 3 aromatic heterocycles. The van der Waals surface area contributed by atoms with Gasteiger partial charge < -0.3 is 10.1 Å². The van der Waals surface area contributed by atoms with Crippen molar-refractivity contribution in [2.24, 2.45) is 0 Å². The minimum atomic E-state index is 0.585. The zero-order valence-corrected chi connectivity index (χ0v) is 18.4. The van der Waals surface area contributed by atoms with Gasteiger partial charge in [-0.05, 0) is 47.8 Å². The van der Waals surface area contributed by atoms with Gasteiger partial charge in [0, 0.05) is 21.5 Å². The number of anilines is 2. The van der Waals surface area contributed by atoms with Gasteiger partial charge in [0.05, 0.1) is 29.7 Å². The molecule has 0 unspecified atom stereocenters. The lowest BCUT2D eigenvalue weighted by Crippen LogP contribution is -2.02. The van der Waals surface area contributed by atoms with Crippen molar-refractivity contribution < 1.29 is 4.74 Å². The zero-order valence-electron chi connectivity index (χ0n) is 16.0. The van der Waals surface area contributed by atoms with Crippen molar-refractivity contribution in [2.75, 3.05) is 12.4 Å². The highest BCUT2D eigenvalue weighted by Crippen LogP contribution is 2.32. The van der Waals surface area contributed by atoms with Crippen LogP contribution in [0.15, 0.2) is 65.4 Å². The number of fused-ring (bicyclic) bond motifs is 1. The number of thiophene rings is 1. The van der Waals surface area contributed by atoms with E-state index in [2.05, 4.69) is 22.1 Å². The summed E-state index contributed by atoms with van der Waals surface area (Å²) < 4.78 is 7.39. The summed E-state index contributed by atoms with van der Waals surface area (Å²) in [6, 6.07) is 17.7. The van der Waals surface area contributed by atoms with Gasteiger partial charge in [0.2, 0.25) is 0 Å². The van der Waals surface area contributed by atoms with Crippen LogP contribution in [0.25, 0.3) is 20.8 Å². The molecule has 0 spiro atoms. The van der Waals surface area contributed by atoms with Gasteiger partial charge in [0.15, 0.2) is 5.82 Å². The second-order valence-corrected chi connectivity index (χ2v) is 8.89. The molecule has 0 amide bonds. The average molecular weight is 453 g/mol. The molecule has 5 rings (SSSR count). The normalized spacial score (nSPS) is 11.1. The molecule has 0 bridgehead atoms. The number of nitrogens with one attached hydrogen (secondary N) is 1. The van der Waals surface area contributed by atoms with Gasteiger partial charge in [0.25, 0.3) is 0 Å². The highest BCUT2D eigenvalue weighted by Gasteiger charge is 2.14. The third-order valence-corrected chi connectivity index (χ3v) is 6.81. The number of thiazole rings is 1. The molecule has 1 N–H and O–H groups in total. The fourth-order valence-electron chi connectivity index (χ4n) is 3.25. The van der Waals surface area contributed by atoms with E-state index >= 15 is 0 Å². The van der Waals surface area contributed by atoms with Crippen LogP contribution in [0.2, 0.25) is 5.02 Å². The van der Waals surface area contributed by atoms with Gasteiger partial charge in [-0.2, -0.15) is 5.10 Å². The van der Waals surface area contributed by atoms with Crippen molar-refractivity contribution in [3.63, 3.8) is 0 Å². The summed E-state index contributed by atoms with van der Waals surface area (Å²) in [6.45, 7) is 0.585. The molecule has 3 heterocycles. The van der Waals surface area contributed by atoms with Gasteiger partial charge in [-0.3, -0.25) is 4.68 Å². The molecule has 150 valence electrons. The molecule has 8 heteroatoms. The Bertz CT molecular complexity index is 1310. The number of ether oxygens (including phenoxy) is 1. The van der Waals surface area contributed by atoms with E-state index in [1.807, 2.05) is 53.2 Å². The third-order valence-electron chi connectivity index (χ3n) is 4.64. The molecule has 0 aliphatic heterocycles. The topological polar surface area (TPSA) is 52.0 Å². The highest BCUT2D eigenvalue weighted by molar-refractivity contribution is 7.20. The van der Waals surface area contributed by atoms with Crippen molar-refractivity contribution in [2.45, 2.75) is 6.54 Å². The molecule has 2 aromatic carbocycles. The van der Waals surface area contributed by atoms with Crippen LogP contribution in [0, 0.1) is 0 Å². The molecule has 0 saturated carbocycles. The van der Waals surface area contributed by atoms with Crippen molar-refractivity contribution in [3.05, 3.63) is 76.1 Å². The maximum Gasteiger partial charge on any atom is 0.160 e. The molecule has 0 atom stereocenters. The molecule has 0 aliphatic rings. The molecule has 0 aliphatic carbocycles.